The molecule has 1 aromatic heterocycles. The van der Waals surface area contributed by atoms with E-state index in [4.69, 9.17) is 15.2 Å². The van der Waals surface area contributed by atoms with Crippen LogP contribution in [0.1, 0.15) is 5.56 Å². The van der Waals surface area contributed by atoms with E-state index in [2.05, 4.69) is 4.98 Å². The van der Waals surface area contributed by atoms with E-state index >= 15 is 0 Å². The Morgan fingerprint density at radius 1 is 1.00 bits per heavy atom. The van der Waals surface area contributed by atoms with Crippen molar-refractivity contribution in [1.29, 1.82) is 0 Å². The minimum atomic E-state index is 0.518. The molecule has 0 unspecified atom stereocenters. The molecule has 0 atom stereocenters. The molecule has 1 heterocycles. The van der Waals surface area contributed by atoms with Crippen LogP contribution in [0.3, 0.4) is 0 Å². The first-order chi connectivity index (χ1) is 10.3. The molecule has 2 N–H and O–H groups in total. The molecule has 106 valence electrons. The number of ether oxygens (including phenoxy) is 2. The van der Waals surface area contributed by atoms with Gasteiger partial charge >= 0.3 is 0 Å². The monoisotopic (exact) mass is 280 g/mol. The molecule has 0 aliphatic heterocycles. The lowest BCUT2D eigenvalue weighted by molar-refractivity contribution is 0.415. The van der Waals surface area contributed by atoms with Gasteiger partial charge < -0.3 is 15.2 Å². The average Bonchev–Trinajstić information content (AvgIpc) is 2.55. The van der Waals surface area contributed by atoms with E-state index in [1.54, 1.807) is 13.3 Å². The molecule has 0 spiro atoms. The zero-order chi connectivity index (χ0) is 14.7. The summed E-state index contributed by atoms with van der Waals surface area (Å²) < 4.78 is 11.1. The van der Waals surface area contributed by atoms with Crippen LogP contribution in [0.4, 0.5) is 0 Å². The zero-order valence-electron chi connectivity index (χ0n) is 11.7. The molecule has 0 aliphatic rings. The number of rotatable bonds is 4. The van der Waals surface area contributed by atoms with Gasteiger partial charge in [-0.05, 0) is 41.3 Å². The summed E-state index contributed by atoms with van der Waals surface area (Å²) in [5.74, 6) is 2.07. The molecule has 0 saturated carbocycles. The highest BCUT2D eigenvalue weighted by Gasteiger charge is 2.06. The lowest BCUT2D eigenvalue weighted by atomic mass is 10.1. The van der Waals surface area contributed by atoms with Crippen LogP contribution in [0.15, 0.2) is 54.7 Å². The van der Waals surface area contributed by atoms with Crippen LogP contribution in [0.25, 0.3) is 10.8 Å². The molecule has 0 radical (unpaired) electrons. The standard InChI is InChI=1S/C17H16N2O2/c1-20-15-7-4-13-8-9-19-17(16(13)10-15)21-14-5-2-12(11-18)3-6-14/h2-10H,11,18H2,1H3. The number of benzene rings is 2. The summed E-state index contributed by atoms with van der Waals surface area (Å²) in [6, 6.07) is 15.4. The topological polar surface area (TPSA) is 57.4 Å². The van der Waals surface area contributed by atoms with Crippen molar-refractivity contribution < 1.29 is 9.47 Å². The summed E-state index contributed by atoms with van der Waals surface area (Å²) in [6.45, 7) is 0.518. The van der Waals surface area contributed by atoms with Gasteiger partial charge in [-0.1, -0.05) is 18.2 Å². The Bertz CT molecular complexity index is 754. The van der Waals surface area contributed by atoms with Crippen LogP contribution in [-0.4, -0.2) is 12.1 Å². The zero-order valence-corrected chi connectivity index (χ0v) is 11.7. The van der Waals surface area contributed by atoms with Gasteiger partial charge in [0, 0.05) is 18.1 Å². The van der Waals surface area contributed by atoms with Gasteiger partial charge in [0.05, 0.1) is 7.11 Å². The molecule has 0 bridgehead atoms. The fourth-order valence-electron chi connectivity index (χ4n) is 2.13. The molecule has 2 aromatic carbocycles. The number of methoxy groups -OCH3 is 1. The fraction of sp³-hybridized carbons (Fsp3) is 0.118. The third kappa shape index (κ3) is 2.80. The van der Waals surface area contributed by atoms with E-state index in [1.165, 1.54) is 0 Å². The van der Waals surface area contributed by atoms with Crippen molar-refractivity contribution in [2.45, 2.75) is 6.54 Å². The lowest BCUT2D eigenvalue weighted by Gasteiger charge is -2.09. The second-order valence-electron chi connectivity index (χ2n) is 4.65. The SMILES string of the molecule is COc1ccc2ccnc(Oc3ccc(CN)cc3)c2c1. The van der Waals surface area contributed by atoms with Crippen LogP contribution >= 0.6 is 0 Å². The molecular weight excluding hydrogens is 264 g/mol. The van der Waals surface area contributed by atoms with E-state index in [0.717, 1.165) is 27.8 Å². The number of nitrogens with two attached hydrogens (primary N) is 1. The van der Waals surface area contributed by atoms with Gasteiger partial charge in [-0.25, -0.2) is 4.98 Å². The van der Waals surface area contributed by atoms with Crippen LogP contribution in [0.2, 0.25) is 0 Å². The van der Waals surface area contributed by atoms with Gasteiger partial charge in [-0.3, -0.25) is 0 Å². The van der Waals surface area contributed by atoms with Crippen molar-refractivity contribution in [3.8, 4) is 17.4 Å². The van der Waals surface area contributed by atoms with Gasteiger partial charge in [0.2, 0.25) is 5.88 Å². The van der Waals surface area contributed by atoms with Crippen molar-refractivity contribution in [2.24, 2.45) is 5.73 Å². The molecule has 0 saturated heterocycles. The van der Waals surface area contributed by atoms with E-state index in [0.29, 0.717) is 12.4 Å². The predicted molar refractivity (Wildman–Crippen MR) is 82.7 cm³/mol. The maximum Gasteiger partial charge on any atom is 0.227 e. The van der Waals surface area contributed by atoms with E-state index in [-0.39, 0.29) is 0 Å². The second kappa shape index (κ2) is 5.81. The molecule has 4 heteroatoms. The number of fused-ring (bicyclic) bond motifs is 1. The molecule has 0 aliphatic carbocycles. The Kier molecular flexibility index (Phi) is 3.71. The third-order valence-electron chi connectivity index (χ3n) is 3.31. The van der Waals surface area contributed by atoms with E-state index in [1.807, 2.05) is 48.5 Å². The molecule has 21 heavy (non-hydrogen) atoms. The van der Waals surface area contributed by atoms with Crippen LogP contribution in [-0.2, 0) is 6.54 Å². The second-order valence-corrected chi connectivity index (χ2v) is 4.65. The number of hydrogen-bond donors (Lipinski definition) is 1. The highest BCUT2D eigenvalue weighted by Crippen LogP contribution is 2.30. The fourth-order valence-corrected chi connectivity index (χ4v) is 2.13. The maximum atomic E-state index is 5.88. The molecule has 0 fully saturated rings. The summed E-state index contributed by atoms with van der Waals surface area (Å²) in [4.78, 5) is 4.32. The largest absolute Gasteiger partial charge is 0.497 e. The van der Waals surface area contributed by atoms with Crippen molar-refractivity contribution in [1.82, 2.24) is 4.98 Å². The van der Waals surface area contributed by atoms with E-state index in [9.17, 15) is 0 Å². The third-order valence-corrected chi connectivity index (χ3v) is 3.31. The first kappa shape index (κ1) is 13.4. The Balaban J connectivity index is 1.98. The summed E-state index contributed by atoms with van der Waals surface area (Å²) >= 11 is 0. The summed E-state index contributed by atoms with van der Waals surface area (Å²) in [6.07, 6.45) is 1.73. The smallest absolute Gasteiger partial charge is 0.227 e. The van der Waals surface area contributed by atoms with Crippen molar-refractivity contribution in [3.05, 3.63) is 60.3 Å². The van der Waals surface area contributed by atoms with Crippen LogP contribution < -0.4 is 15.2 Å². The van der Waals surface area contributed by atoms with Gasteiger partial charge in [-0.2, -0.15) is 0 Å². The van der Waals surface area contributed by atoms with Gasteiger partial charge in [0.1, 0.15) is 11.5 Å². The molecule has 3 rings (SSSR count). The molecule has 0 amide bonds. The van der Waals surface area contributed by atoms with Gasteiger partial charge in [-0.15, -0.1) is 0 Å². The Morgan fingerprint density at radius 2 is 1.76 bits per heavy atom. The quantitative estimate of drug-likeness (QED) is 0.794. The normalized spacial score (nSPS) is 10.6. The Hall–Kier alpha value is -2.59. The first-order valence-electron chi connectivity index (χ1n) is 6.70. The summed E-state index contributed by atoms with van der Waals surface area (Å²) in [5.41, 5.74) is 6.66. The number of aromatic nitrogens is 1. The number of hydrogen-bond acceptors (Lipinski definition) is 4. The molecular formula is C17H16N2O2. The van der Waals surface area contributed by atoms with Crippen molar-refractivity contribution >= 4 is 10.8 Å². The van der Waals surface area contributed by atoms with E-state index < -0.39 is 0 Å². The molecule has 4 nitrogen and oxygen atoms in total. The lowest BCUT2D eigenvalue weighted by Crippen LogP contribution is -1.96. The Labute approximate surface area is 123 Å². The first-order valence-corrected chi connectivity index (χ1v) is 6.70. The Morgan fingerprint density at radius 3 is 2.48 bits per heavy atom. The number of nitrogens with zero attached hydrogens (tertiary/aromatic N) is 1. The highest BCUT2D eigenvalue weighted by atomic mass is 16.5. The minimum absolute atomic E-state index is 0.518. The predicted octanol–water partition coefficient (Wildman–Crippen LogP) is 3.49. The minimum Gasteiger partial charge on any atom is -0.497 e. The molecule has 3 aromatic rings. The van der Waals surface area contributed by atoms with Crippen LogP contribution in [0, 0.1) is 0 Å². The summed E-state index contributed by atoms with van der Waals surface area (Å²) in [7, 11) is 1.64. The average molecular weight is 280 g/mol. The van der Waals surface area contributed by atoms with Gasteiger partial charge in [0.15, 0.2) is 0 Å². The summed E-state index contributed by atoms with van der Waals surface area (Å²) in [5, 5.41) is 1.97. The van der Waals surface area contributed by atoms with Crippen molar-refractivity contribution in [2.75, 3.05) is 7.11 Å². The maximum absolute atomic E-state index is 5.88. The van der Waals surface area contributed by atoms with Crippen molar-refractivity contribution in [3.63, 3.8) is 0 Å². The van der Waals surface area contributed by atoms with Gasteiger partial charge in [0.25, 0.3) is 0 Å². The number of pyridine rings is 1. The van der Waals surface area contributed by atoms with Crippen LogP contribution in [0.5, 0.6) is 17.4 Å². The highest BCUT2D eigenvalue weighted by molar-refractivity contribution is 5.88.